The predicted molar refractivity (Wildman–Crippen MR) is 109 cm³/mol. The van der Waals surface area contributed by atoms with Crippen molar-refractivity contribution in [3.8, 4) is 40.9 Å². The van der Waals surface area contributed by atoms with Gasteiger partial charge in [-0.05, 0) is 24.3 Å². The number of rotatable bonds is 4. The highest BCUT2D eigenvalue weighted by Gasteiger charge is 2.18. The van der Waals surface area contributed by atoms with Crippen LogP contribution in [0.1, 0.15) is 26.7 Å². The van der Waals surface area contributed by atoms with Gasteiger partial charge in [0.05, 0.1) is 5.39 Å². The van der Waals surface area contributed by atoms with E-state index in [9.17, 15) is 9.90 Å². The van der Waals surface area contributed by atoms with Crippen LogP contribution in [0.2, 0.25) is 0 Å². The summed E-state index contributed by atoms with van der Waals surface area (Å²) in [5.41, 5.74) is 0.184. The first kappa shape index (κ1) is 19.2. The van der Waals surface area contributed by atoms with E-state index in [4.69, 9.17) is 13.9 Å². The van der Waals surface area contributed by atoms with Crippen molar-refractivity contribution in [3.05, 3.63) is 40.6 Å². The quantitative estimate of drug-likeness (QED) is 0.545. The minimum atomic E-state index is -0.337. The highest BCUT2D eigenvalue weighted by molar-refractivity contribution is 5.96. The second-order valence-corrected chi connectivity index (χ2v) is 5.84. The number of ether oxygens (including phenoxy) is 2. The van der Waals surface area contributed by atoms with Crippen LogP contribution in [0.5, 0.6) is 17.2 Å². The summed E-state index contributed by atoms with van der Waals surface area (Å²) < 4.78 is 17.4. The largest absolute Gasteiger partial charge is 0.507 e. The fourth-order valence-corrected chi connectivity index (χ4v) is 2.73. The molecule has 0 radical (unpaired) electrons. The highest BCUT2D eigenvalue weighted by Crippen LogP contribution is 2.37. The fraction of sp³-hybridized carbons (Fsp3) is 0.261. The summed E-state index contributed by atoms with van der Waals surface area (Å²) in [5.74, 6) is 12.3. The van der Waals surface area contributed by atoms with Crippen molar-refractivity contribution in [2.75, 3.05) is 13.2 Å². The minimum Gasteiger partial charge on any atom is -0.507 e. The maximum Gasteiger partial charge on any atom is 0.206 e. The van der Waals surface area contributed by atoms with Crippen molar-refractivity contribution in [1.29, 1.82) is 0 Å². The zero-order valence-corrected chi connectivity index (χ0v) is 15.8. The second kappa shape index (κ2) is 8.88. The lowest BCUT2D eigenvalue weighted by atomic mass is 10.1. The fourth-order valence-electron chi connectivity index (χ4n) is 2.73. The topological polar surface area (TPSA) is 68.9 Å². The van der Waals surface area contributed by atoms with Crippen molar-refractivity contribution < 1.29 is 19.0 Å². The van der Waals surface area contributed by atoms with Gasteiger partial charge in [-0.2, -0.15) is 0 Å². The number of aromatic hydroxyl groups is 1. The summed E-state index contributed by atoms with van der Waals surface area (Å²) in [4.78, 5) is 12.9. The van der Waals surface area contributed by atoms with Gasteiger partial charge in [-0.15, -0.1) is 11.8 Å². The Morgan fingerprint density at radius 3 is 2.39 bits per heavy atom. The summed E-state index contributed by atoms with van der Waals surface area (Å²) in [6.07, 6.45) is 1.45. The van der Waals surface area contributed by atoms with E-state index in [0.717, 1.165) is 6.42 Å². The number of fused-ring (bicyclic) bond motifs is 2. The number of hydrogen-bond donors (Lipinski definition) is 1. The number of benzene rings is 2. The first-order valence-electron chi connectivity index (χ1n) is 9.05. The molecule has 5 nitrogen and oxygen atoms in total. The molecule has 0 saturated heterocycles. The van der Waals surface area contributed by atoms with Crippen LogP contribution in [0.4, 0.5) is 0 Å². The maximum absolute atomic E-state index is 12.9. The number of phenols is 1. The zero-order valence-electron chi connectivity index (χ0n) is 15.8. The normalized spacial score (nSPS) is 10.1. The van der Waals surface area contributed by atoms with Crippen LogP contribution < -0.4 is 14.9 Å². The van der Waals surface area contributed by atoms with Crippen LogP contribution in [0.3, 0.4) is 0 Å². The smallest absolute Gasteiger partial charge is 0.206 e. The number of hydrogen-bond acceptors (Lipinski definition) is 5. The number of phenolic OH excluding ortho intramolecular Hbond substituents is 1. The molecule has 0 bridgehead atoms. The van der Waals surface area contributed by atoms with E-state index in [1.165, 1.54) is 6.07 Å². The summed E-state index contributed by atoms with van der Waals surface area (Å²) in [7, 11) is 0. The van der Waals surface area contributed by atoms with Crippen LogP contribution in [0.25, 0.3) is 21.9 Å². The molecule has 0 aliphatic rings. The van der Waals surface area contributed by atoms with Crippen LogP contribution in [-0.2, 0) is 0 Å². The molecule has 28 heavy (non-hydrogen) atoms. The molecule has 0 amide bonds. The third kappa shape index (κ3) is 3.89. The third-order valence-corrected chi connectivity index (χ3v) is 3.96. The Hall–Kier alpha value is -3.57. The van der Waals surface area contributed by atoms with E-state index in [2.05, 4.69) is 23.7 Å². The lowest BCUT2D eigenvalue weighted by molar-refractivity contribution is 0.314. The van der Waals surface area contributed by atoms with Crippen LogP contribution >= 0.6 is 0 Å². The Morgan fingerprint density at radius 1 is 0.964 bits per heavy atom. The lowest BCUT2D eigenvalue weighted by Gasteiger charge is -2.12. The molecule has 2 aromatic carbocycles. The van der Waals surface area contributed by atoms with Gasteiger partial charge in [0.15, 0.2) is 11.3 Å². The molecule has 0 unspecified atom stereocenters. The molecule has 0 aliphatic carbocycles. The van der Waals surface area contributed by atoms with Gasteiger partial charge in [0, 0.05) is 12.8 Å². The Labute approximate surface area is 162 Å². The van der Waals surface area contributed by atoms with Crippen molar-refractivity contribution in [1.82, 2.24) is 0 Å². The second-order valence-electron chi connectivity index (χ2n) is 5.84. The Bertz CT molecular complexity index is 1180. The third-order valence-electron chi connectivity index (χ3n) is 3.96. The van der Waals surface area contributed by atoms with Gasteiger partial charge in [0.2, 0.25) is 11.2 Å². The molecule has 1 aromatic heterocycles. The van der Waals surface area contributed by atoms with Gasteiger partial charge >= 0.3 is 0 Å². The van der Waals surface area contributed by atoms with Gasteiger partial charge in [0.1, 0.15) is 29.9 Å². The minimum absolute atomic E-state index is 0.125. The molecule has 0 fully saturated rings. The standard InChI is InChI=1S/C23H20O5/c1-3-5-7-14-26-19-13-12-16-21(25)20-17(24)10-9-11-18(20)28-22(16)23(19)27-15-8-6-4-2/h9-13,24H,3-4,14-15H2,1-2H3. The van der Waals surface area contributed by atoms with Gasteiger partial charge in [0.25, 0.3) is 0 Å². The molecule has 142 valence electrons. The van der Waals surface area contributed by atoms with E-state index in [0.29, 0.717) is 23.3 Å². The van der Waals surface area contributed by atoms with Crippen molar-refractivity contribution in [2.45, 2.75) is 26.7 Å². The van der Waals surface area contributed by atoms with Crippen molar-refractivity contribution in [3.63, 3.8) is 0 Å². The average molecular weight is 376 g/mol. The molecule has 0 atom stereocenters. The molecular weight excluding hydrogens is 356 g/mol. The SMILES string of the molecule is CCC#CCOc1ccc2c(=O)c3c(O)cccc3oc2c1OCC#CCC. The predicted octanol–water partition coefficient (Wildman–Crippen LogP) is 4.24. The molecule has 0 aliphatic heterocycles. The molecule has 0 saturated carbocycles. The molecule has 1 N–H and O–H groups in total. The van der Waals surface area contributed by atoms with E-state index >= 15 is 0 Å². The molecule has 5 heteroatoms. The van der Waals surface area contributed by atoms with E-state index in [-0.39, 0.29) is 40.9 Å². The summed E-state index contributed by atoms with van der Waals surface area (Å²) in [5, 5.41) is 10.5. The van der Waals surface area contributed by atoms with Crippen LogP contribution in [0.15, 0.2) is 39.5 Å². The Balaban J connectivity index is 2.17. The van der Waals surface area contributed by atoms with Crippen molar-refractivity contribution >= 4 is 21.9 Å². The summed E-state index contributed by atoms with van der Waals surface area (Å²) in [6.45, 7) is 4.23. The van der Waals surface area contributed by atoms with Crippen molar-refractivity contribution in [2.24, 2.45) is 0 Å². The molecule has 3 aromatic rings. The van der Waals surface area contributed by atoms with E-state index in [1.807, 2.05) is 13.8 Å². The maximum atomic E-state index is 12.9. The van der Waals surface area contributed by atoms with Gasteiger partial charge in [-0.3, -0.25) is 4.79 Å². The van der Waals surface area contributed by atoms with E-state index < -0.39 is 0 Å². The molecular formula is C23H20O5. The molecule has 3 rings (SSSR count). The molecule has 0 spiro atoms. The summed E-state index contributed by atoms with van der Waals surface area (Å²) in [6, 6.07) is 7.92. The lowest BCUT2D eigenvalue weighted by Crippen LogP contribution is -2.06. The van der Waals surface area contributed by atoms with Gasteiger partial charge < -0.3 is 19.0 Å². The van der Waals surface area contributed by atoms with Gasteiger partial charge in [-0.25, -0.2) is 0 Å². The monoisotopic (exact) mass is 376 g/mol. The first-order chi connectivity index (χ1) is 13.7. The highest BCUT2D eigenvalue weighted by atomic mass is 16.5. The molecule has 1 heterocycles. The van der Waals surface area contributed by atoms with Crippen LogP contribution in [0, 0.1) is 23.7 Å². The van der Waals surface area contributed by atoms with E-state index in [1.54, 1.807) is 24.3 Å². The summed E-state index contributed by atoms with van der Waals surface area (Å²) >= 11 is 0. The first-order valence-corrected chi connectivity index (χ1v) is 9.05. The Kier molecular flexibility index (Phi) is 6.09. The van der Waals surface area contributed by atoms with Crippen LogP contribution in [-0.4, -0.2) is 18.3 Å². The average Bonchev–Trinajstić information content (AvgIpc) is 2.69. The zero-order chi connectivity index (χ0) is 19.9. The Morgan fingerprint density at radius 2 is 1.68 bits per heavy atom. The van der Waals surface area contributed by atoms with Gasteiger partial charge in [-0.1, -0.05) is 31.8 Å².